The summed E-state index contributed by atoms with van der Waals surface area (Å²) in [7, 11) is -6.72. The van der Waals surface area contributed by atoms with Gasteiger partial charge in [0.15, 0.2) is 0 Å². The summed E-state index contributed by atoms with van der Waals surface area (Å²) in [5.74, 6) is -0.248. The fourth-order valence-corrected chi connectivity index (χ4v) is 4.88. The summed E-state index contributed by atoms with van der Waals surface area (Å²) >= 11 is 0. The first-order chi connectivity index (χ1) is 7.77. The lowest BCUT2D eigenvalue weighted by atomic mass is 10.2. The average Bonchev–Trinajstić information content (AvgIpc) is 2.25. The van der Waals surface area contributed by atoms with E-state index in [4.69, 9.17) is 10.2 Å². The number of sulfone groups is 1. The van der Waals surface area contributed by atoms with Gasteiger partial charge in [-0.2, -0.15) is 0 Å². The Morgan fingerprint density at radius 3 is 2.29 bits per heavy atom. The molecule has 1 heterocycles. The van der Waals surface area contributed by atoms with Crippen LogP contribution in [0.5, 0.6) is 0 Å². The predicted octanol–water partition coefficient (Wildman–Crippen LogP) is -2.16. The van der Waals surface area contributed by atoms with E-state index in [9.17, 15) is 16.8 Å². The summed E-state index contributed by atoms with van der Waals surface area (Å²) in [6.07, 6.45) is -0.989. The molecule has 9 heteroatoms. The summed E-state index contributed by atoms with van der Waals surface area (Å²) in [6.45, 7) is -0.788. The lowest BCUT2D eigenvalue weighted by molar-refractivity contribution is 0.0987. The van der Waals surface area contributed by atoms with E-state index in [0.717, 1.165) is 0 Å². The standard InChI is InChI=1S/C8H17NO6S2/c10-6-7(11)5-9-17(14,15)8-1-3-16(12,13)4-2-8/h7-11H,1-6H2. The van der Waals surface area contributed by atoms with Crippen LogP contribution in [0.15, 0.2) is 0 Å². The second kappa shape index (κ2) is 5.61. The van der Waals surface area contributed by atoms with Gasteiger partial charge in [0.1, 0.15) is 9.84 Å². The van der Waals surface area contributed by atoms with Gasteiger partial charge in [-0.25, -0.2) is 21.6 Å². The first kappa shape index (κ1) is 14.8. The van der Waals surface area contributed by atoms with E-state index < -0.39 is 37.8 Å². The molecule has 1 fully saturated rings. The van der Waals surface area contributed by atoms with Gasteiger partial charge in [-0.1, -0.05) is 0 Å². The number of nitrogens with one attached hydrogen (secondary N) is 1. The van der Waals surface area contributed by atoms with Crippen LogP contribution >= 0.6 is 0 Å². The highest BCUT2D eigenvalue weighted by Gasteiger charge is 2.32. The van der Waals surface area contributed by atoms with Crippen molar-refractivity contribution < 1.29 is 27.0 Å². The summed E-state index contributed by atoms with van der Waals surface area (Å²) in [5, 5.41) is 16.8. The second-order valence-electron chi connectivity index (χ2n) is 4.08. The van der Waals surface area contributed by atoms with Crippen LogP contribution in [0.4, 0.5) is 0 Å². The molecule has 0 aromatic carbocycles. The molecule has 102 valence electrons. The Labute approximate surface area is 101 Å². The minimum absolute atomic E-state index is 0.0763. The molecule has 0 aliphatic carbocycles. The molecule has 7 nitrogen and oxygen atoms in total. The number of aliphatic hydroxyl groups is 2. The Hall–Kier alpha value is -0.220. The molecule has 1 rings (SSSR count). The molecule has 1 saturated heterocycles. The highest BCUT2D eigenvalue weighted by molar-refractivity contribution is 7.92. The van der Waals surface area contributed by atoms with Crippen molar-refractivity contribution >= 4 is 19.9 Å². The molecule has 1 aliphatic heterocycles. The number of hydrogen-bond acceptors (Lipinski definition) is 6. The van der Waals surface area contributed by atoms with E-state index in [1.54, 1.807) is 0 Å². The number of rotatable bonds is 5. The van der Waals surface area contributed by atoms with Crippen LogP contribution in [0.25, 0.3) is 0 Å². The van der Waals surface area contributed by atoms with Crippen LogP contribution < -0.4 is 4.72 Å². The van der Waals surface area contributed by atoms with E-state index in [2.05, 4.69) is 4.72 Å². The first-order valence-corrected chi connectivity index (χ1v) is 8.61. The molecule has 0 radical (unpaired) electrons. The Morgan fingerprint density at radius 1 is 1.29 bits per heavy atom. The quantitative estimate of drug-likeness (QED) is 0.529. The van der Waals surface area contributed by atoms with Gasteiger partial charge in [-0.3, -0.25) is 0 Å². The monoisotopic (exact) mass is 287 g/mol. The zero-order valence-electron chi connectivity index (χ0n) is 9.24. The van der Waals surface area contributed by atoms with Crippen molar-refractivity contribution in [2.45, 2.75) is 24.2 Å². The molecule has 0 aromatic rings. The van der Waals surface area contributed by atoms with E-state index in [1.807, 2.05) is 0 Å². The van der Waals surface area contributed by atoms with Crippen molar-refractivity contribution in [2.24, 2.45) is 0 Å². The van der Waals surface area contributed by atoms with Crippen LogP contribution in [0.2, 0.25) is 0 Å². The van der Waals surface area contributed by atoms with Crippen molar-refractivity contribution in [3.63, 3.8) is 0 Å². The van der Waals surface area contributed by atoms with Gasteiger partial charge in [0.2, 0.25) is 10.0 Å². The zero-order valence-corrected chi connectivity index (χ0v) is 10.9. The lowest BCUT2D eigenvalue weighted by Gasteiger charge is -2.22. The summed E-state index contributed by atoms with van der Waals surface area (Å²) in [4.78, 5) is 0. The van der Waals surface area contributed by atoms with Crippen molar-refractivity contribution in [1.29, 1.82) is 0 Å². The van der Waals surface area contributed by atoms with Gasteiger partial charge in [0, 0.05) is 6.54 Å². The molecule has 1 atom stereocenters. The van der Waals surface area contributed by atoms with Crippen molar-refractivity contribution in [2.75, 3.05) is 24.7 Å². The van der Waals surface area contributed by atoms with Crippen molar-refractivity contribution in [3.8, 4) is 0 Å². The topological polar surface area (TPSA) is 121 Å². The molecule has 3 N–H and O–H groups in total. The molecule has 1 aliphatic rings. The third-order valence-corrected chi connectivity index (χ3v) is 6.30. The highest BCUT2D eigenvalue weighted by atomic mass is 32.2. The Balaban J connectivity index is 2.55. The average molecular weight is 287 g/mol. The van der Waals surface area contributed by atoms with E-state index in [-0.39, 0.29) is 30.9 Å². The van der Waals surface area contributed by atoms with Gasteiger partial charge in [-0.15, -0.1) is 0 Å². The van der Waals surface area contributed by atoms with E-state index >= 15 is 0 Å². The summed E-state index contributed by atoms with van der Waals surface area (Å²) in [5.41, 5.74) is 0. The van der Waals surface area contributed by atoms with E-state index in [0.29, 0.717) is 0 Å². The van der Waals surface area contributed by atoms with Crippen LogP contribution in [0, 0.1) is 0 Å². The largest absolute Gasteiger partial charge is 0.394 e. The molecule has 1 unspecified atom stereocenters. The van der Waals surface area contributed by atoms with Crippen LogP contribution in [-0.2, 0) is 19.9 Å². The summed E-state index contributed by atoms with van der Waals surface area (Å²) in [6, 6.07) is 0. The SMILES string of the molecule is O=S1(=O)CCC(S(=O)(=O)NCC(O)CO)CC1. The van der Waals surface area contributed by atoms with Crippen molar-refractivity contribution in [3.05, 3.63) is 0 Å². The van der Waals surface area contributed by atoms with Crippen LogP contribution in [0.3, 0.4) is 0 Å². The normalized spacial score (nSPS) is 23.4. The smallest absolute Gasteiger partial charge is 0.214 e. The van der Waals surface area contributed by atoms with Gasteiger partial charge in [0.05, 0.1) is 29.5 Å². The fraction of sp³-hybridized carbons (Fsp3) is 1.00. The van der Waals surface area contributed by atoms with Gasteiger partial charge < -0.3 is 10.2 Å². The maximum absolute atomic E-state index is 11.7. The zero-order chi connectivity index (χ0) is 13.1. The predicted molar refractivity (Wildman–Crippen MR) is 61.7 cm³/mol. The molecule has 0 aromatic heterocycles. The molecular weight excluding hydrogens is 270 g/mol. The number of aliphatic hydroxyl groups excluding tert-OH is 2. The van der Waals surface area contributed by atoms with Gasteiger partial charge in [0.25, 0.3) is 0 Å². The van der Waals surface area contributed by atoms with Crippen molar-refractivity contribution in [1.82, 2.24) is 4.72 Å². The number of hydrogen-bond donors (Lipinski definition) is 3. The first-order valence-electron chi connectivity index (χ1n) is 5.24. The van der Waals surface area contributed by atoms with E-state index in [1.165, 1.54) is 0 Å². The maximum Gasteiger partial charge on any atom is 0.214 e. The van der Waals surface area contributed by atoms with Gasteiger partial charge in [-0.05, 0) is 12.8 Å². The van der Waals surface area contributed by atoms with Crippen LogP contribution in [0.1, 0.15) is 12.8 Å². The lowest BCUT2D eigenvalue weighted by Crippen LogP contribution is -2.42. The van der Waals surface area contributed by atoms with Crippen LogP contribution in [-0.4, -0.2) is 63.1 Å². The molecule has 0 spiro atoms. The number of sulfonamides is 1. The van der Waals surface area contributed by atoms with Gasteiger partial charge >= 0.3 is 0 Å². The minimum atomic E-state index is -3.62. The molecule has 0 amide bonds. The second-order valence-corrected chi connectivity index (χ2v) is 8.43. The Kier molecular flexibility index (Phi) is 4.90. The minimum Gasteiger partial charge on any atom is -0.394 e. The molecule has 0 saturated carbocycles. The maximum atomic E-state index is 11.7. The third kappa shape index (κ3) is 4.51. The summed E-state index contributed by atoms with van der Waals surface area (Å²) < 4.78 is 47.9. The highest BCUT2D eigenvalue weighted by Crippen LogP contribution is 2.18. The molecular formula is C8H17NO6S2. The molecule has 0 bridgehead atoms. The third-order valence-electron chi connectivity index (χ3n) is 2.67. The molecule has 17 heavy (non-hydrogen) atoms. The Bertz CT molecular complexity index is 429. The Morgan fingerprint density at radius 2 is 1.82 bits per heavy atom. The fourth-order valence-electron chi connectivity index (χ4n) is 1.57.